The molecule has 0 radical (unpaired) electrons. The minimum atomic E-state index is -3.47. The summed E-state index contributed by atoms with van der Waals surface area (Å²) in [6.45, 7) is 9.04. The molecule has 0 N–H and O–H groups in total. The fourth-order valence-electron chi connectivity index (χ4n) is 3.73. The van der Waals surface area contributed by atoms with Gasteiger partial charge in [-0.1, -0.05) is 61.4 Å². The van der Waals surface area contributed by atoms with Crippen molar-refractivity contribution in [2.75, 3.05) is 6.54 Å². The van der Waals surface area contributed by atoms with Gasteiger partial charge in [0, 0.05) is 12.6 Å². The van der Waals surface area contributed by atoms with Crippen LogP contribution in [0.1, 0.15) is 37.0 Å². The molecule has 2 atom stereocenters. The van der Waals surface area contributed by atoms with Crippen molar-refractivity contribution in [2.24, 2.45) is 11.8 Å². The maximum absolute atomic E-state index is 13.3. The molecular weight excluding hydrogens is 342 g/mol. The van der Waals surface area contributed by atoms with E-state index >= 15 is 0 Å². The molecule has 3 rings (SSSR count). The van der Waals surface area contributed by atoms with Gasteiger partial charge in [0.1, 0.15) is 0 Å². The van der Waals surface area contributed by atoms with Gasteiger partial charge in [-0.25, -0.2) is 8.42 Å². The summed E-state index contributed by atoms with van der Waals surface area (Å²) in [4.78, 5) is 0.404. The Morgan fingerprint density at radius 3 is 2.04 bits per heavy atom. The highest BCUT2D eigenvalue weighted by molar-refractivity contribution is 7.89. The monoisotopic (exact) mass is 371 g/mol. The first kappa shape index (κ1) is 19.1. The molecule has 1 saturated heterocycles. The van der Waals surface area contributed by atoms with E-state index < -0.39 is 10.0 Å². The fourth-order valence-corrected chi connectivity index (χ4v) is 5.42. The zero-order valence-corrected chi connectivity index (χ0v) is 17.0. The number of aryl methyl sites for hydroxylation is 2. The highest BCUT2D eigenvalue weighted by Crippen LogP contribution is 2.35. The number of benzene rings is 2. The summed E-state index contributed by atoms with van der Waals surface area (Å²) in [5.41, 5.74) is 3.50. The normalized spacial score (nSPS) is 21.4. The van der Waals surface area contributed by atoms with E-state index in [4.69, 9.17) is 0 Å². The first-order valence-corrected chi connectivity index (χ1v) is 10.9. The third-order valence-corrected chi connectivity index (χ3v) is 7.49. The Balaban J connectivity index is 1.90. The van der Waals surface area contributed by atoms with E-state index in [2.05, 4.69) is 45.0 Å². The summed E-state index contributed by atoms with van der Waals surface area (Å²) in [7, 11) is -3.47. The third-order valence-electron chi connectivity index (χ3n) is 5.56. The number of nitrogens with zero attached hydrogens (tertiary/aromatic N) is 1. The SMILES string of the molecule is Cc1ccc(CC2CC(C(C)C)CN2S(=O)(=O)c2ccc(C)cc2)cc1. The largest absolute Gasteiger partial charge is 0.243 e. The Bertz CT molecular complexity index is 839. The Kier molecular flexibility index (Phi) is 5.54. The lowest BCUT2D eigenvalue weighted by molar-refractivity contribution is 0.373. The molecule has 0 aromatic heterocycles. The van der Waals surface area contributed by atoms with Gasteiger partial charge >= 0.3 is 0 Å². The van der Waals surface area contributed by atoms with Crippen molar-refractivity contribution in [1.29, 1.82) is 0 Å². The number of hydrogen-bond donors (Lipinski definition) is 0. The van der Waals surface area contributed by atoms with Crippen molar-refractivity contribution in [1.82, 2.24) is 4.31 Å². The summed E-state index contributed by atoms with van der Waals surface area (Å²) in [6, 6.07) is 15.7. The lowest BCUT2D eigenvalue weighted by Crippen LogP contribution is -2.37. The predicted octanol–water partition coefficient (Wildman–Crippen LogP) is 4.58. The van der Waals surface area contributed by atoms with Crippen LogP contribution in [-0.2, 0) is 16.4 Å². The van der Waals surface area contributed by atoms with E-state index in [1.807, 2.05) is 19.1 Å². The maximum atomic E-state index is 13.3. The zero-order chi connectivity index (χ0) is 18.9. The molecule has 0 bridgehead atoms. The van der Waals surface area contributed by atoms with Crippen molar-refractivity contribution in [3.8, 4) is 0 Å². The second-order valence-corrected chi connectivity index (χ2v) is 9.86. The van der Waals surface area contributed by atoms with Crippen molar-refractivity contribution in [3.05, 3.63) is 65.2 Å². The molecule has 0 spiro atoms. The second kappa shape index (κ2) is 7.53. The van der Waals surface area contributed by atoms with Gasteiger partial charge in [0.15, 0.2) is 0 Å². The second-order valence-electron chi connectivity index (χ2n) is 7.97. The van der Waals surface area contributed by atoms with E-state index in [1.54, 1.807) is 16.4 Å². The highest BCUT2D eigenvalue weighted by Gasteiger charge is 2.40. The Labute approximate surface area is 158 Å². The summed E-state index contributed by atoms with van der Waals surface area (Å²) < 4.78 is 28.3. The molecule has 140 valence electrons. The van der Waals surface area contributed by atoms with Crippen LogP contribution in [0.15, 0.2) is 53.4 Å². The third kappa shape index (κ3) is 4.02. The van der Waals surface area contributed by atoms with Gasteiger partial charge < -0.3 is 0 Å². The van der Waals surface area contributed by atoms with Crippen LogP contribution in [0.25, 0.3) is 0 Å². The van der Waals surface area contributed by atoms with Gasteiger partial charge in [-0.3, -0.25) is 0 Å². The van der Waals surface area contributed by atoms with Crippen molar-refractivity contribution in [2.45, 2.75) is 51.5 Å². The van der Waals surface area contributed by atoms with Crippen LogP contribution in [0.4, 0.5) is 0 Å². The minimum absolute atomic E-state index is 0.0245. The highest BCUT2D eigenvalue weighted by atomic mass is 32.2. The quantitative estimate of drug-likeness (QED) is 0.771. The van der Waals surface area contributed by atoms with E-state index in [9.17, 15) is 8.42 Å². The van der Waals surface area contributed by atoms with Crippen LogP contribution in [0.5, 0.6) is 0 Å². The van der Waals surface area contributed by atoms with E-state index in [0.29, 0.717) is 23.3 Å². The van der Waals surface area contributed by atoms with Crippen LogP contribution in [0.2, 0.25) is 0 Å². The van der Waals surface area contributed by atoms with Crippen molar-refractivity contribution >= 4 is 10.0 Å². The smallest absolute Gasteiger partial charge is 0.207 e. The van der Waals surface area contributed by atoms with E-state index in [1.165, 1.54) is 11.1 Å². The molecule has 0 aliphatic carbocycles. The standard InChI is InChI=1S/C22H29NO2S/c1-16(2)20-14-21(13-19-9-5-17(3)6-10-19)23(15-20)26(24,25)22-11-7-18(4)8-12-22/h5-12,16,20-21H,13-15H2,1-4H3. The molecule has 2 aromatic rings. The molecule has 3 nitrogen and oxygen atoms in total. The number of hydrogen-bond acceptors (Lipinski definition) is 2. The molecule has 1 fully saturated rings. The van der Waals surface area contributed by atoms with Crippen LogP contribution in [0.3, 0.4) is 0 Å². The van der Waals surface area contributed by atoms with E-state index in [0.717, 1.165) is 18.4 Å². The average molecular weight is 372 g/mol. The topological polar surface area (TPSA) is 37.4 Å². The predicted molar refractivity (Wildman–Crippen MR) is 107 cm³/mol. The van der Waals surface area contributed by atoms with Gasteiger partial charge in [-0.05, 0) is 56.2 Å². The minimum Gasteiger partial charge on any atom is -0.207 e. The van der Waals surface area contributed by atoms with E-state index in [-0.39, 0.29) is 6.04 Å². The van der Waals surface area contributed by atoms with Gasteiger partial charge in [0.25, 0.3) is 0 Å². The number of sulfonamides is 1. The van der Waals surface area contributed by atoms with Crippen molar-refractivity contribution < 1.29 is 8.42 Å². The fraction of sp³-hybridized carbons (Fsp3) is 0.455. The van der Waals surface area contributed by atoms with Gasteiger partial charge in [0.2, 0.25) is 10.0 Å². The average Bonchev–Trinajstić information content (AvgIpc) is 3.02. The van der Waals surface area contributed by atoms with Gasteiger partial charge in [-0.2, -0.15) is 4.31 Å². The number of rotatable bonds is 5. The first-order chi connectivity index (χ1) is 12.3. The molecule has 0 amide bonds. The van der Waals surface area contributed by atoms with Gasteiger partial charge in [-0.15, -0.1) is 0 Å². The van der Waals surface area contributed by atoms with Crippen LogP contribution < -0.4 is 0 Å². The summed E-state index contributed by atoms with van der Waals surface area (Å²) in [5, 5.41) is 0. The Morgan fingerprint density at radius 1 is 0.962 bits per heavy atom. The zero-order valence-electron chi connectivity index (χ0n) is 16.1. The lowest BCUT2D eigenvalue weighted by Gasteiger charge is -2.24. The van der Waals surface area contributed by atoms with Crippen LogP contribution in [-0.4, -0.2) is 25.3 Å². The molecule has 4 heteroatoms. The Hall–Kier alpha value is -1.65. The Morgan fingerprint density at radius 2 is 1.50 bits per heavy atom. The molecule has 2 aromatic carbocycles. The molecule has 2 unspecified atom stereocenters. The first-order valence-electron chi connectivity index (χ1n) is 9.41. The maximum Gasteiger partial charge on any atom is 0.243 e. The van der Waals surface area contributed by atoms with Crippen molar-refractivity contribution in [3.63, 3.8) is 0 Å². The molecule has 0 saturated carbocycles. The summed E-state index contributed by atoms with van der Waals surface area (Å²) in [5.74, 6) is 0.888. The molecule has 1 aliphatic heterocycles. The van der Waals surface area contributed by atoms with Crippen LogP contribution >= 0.6 is 0 Å². The summed E-state index contributed by atoms with van der Waals surface area (Å²) in [6.07, 6.45) is 1.70. The lowest BCUT2D eigenvalue weighted by atomic mass is 9.91. The molecule has 1 aliphatic rings. The molecule has 1 heterocycles. The van der Waals surface area contributed by atoms with Crippen LogP contribution in [0, 0.1) is 25.7 Å². The molecule has 26 heavy (non-hydrogen) atoms. The summed E-state index contributed by atoms with van der Waals surface area (Å²) >= 11 is 0. The molecular formula is C22H29NO2S. The van der Waals surface area contributed by atoms with Gasteiger partial charge in [0.05, 0.1) is 4.90 Å².